The lowest BCUT2D eigenvalue weighted by atomic mass is 10.1. The van der Waals surface area contributed by atoms with Gasteiger partial charge in [0.2, 0.25) is 0 Å². The molecule has 0 unspecified atom stereocenters. The molecule has 4 aromatic carbocycles. The number of benzene rings is 4. The number of amides is 1. The maximum atomic E-state index is 12.4. The summed E-state index contributed by atoms with van der Waals surface area (Å²) in [7, 11) is 0. The molecule has 0 saturated carbocycles. The monoisotopic (exact) mass is 527 g/mol. The zero-order chi connectivity index (χ0) is 25.8. The molecule has 0 aliphatic carbocycles. The summed E-state index contributed by atoms with van der Waals surface area (Å²) >= 11 is 7.94. The van der Waals surface area contributed by atoms with Crippen LogP contribution < -0.4 is 15.4 Å². The second-order valence-corrected chi connectivity index (χ2v) is 10.3. The highest BCUT2D eigenvalue weighted by atomic mass is 35.5. The standard InChI is InChI=1S/C30H26ClN3O2S/c1-19-3-9-25(10-4-19)33-29(35)18-36-27-14-8-23(31)16-22(27)17-32-24-11-6-21(7-12-24)30-34-26-13-5-20(2)15-28(26)37-30/h3-16,32H,17-18H2,1-2H3,(H,33,35). The molecular weight excluding hydrogens is 502 g/mol. The quantitative estimate of drug-likeness (QED) is 0.215. The van der Waals surface area contributed by atoms with Gasteiger partial charge in [0.1, 0.15) is 10.8 Å². The number of aryl methyl sites for hydroxylation is 2. The lowest BCUT2D eigenvalue weighted by Crippen LogP contribution is -2.20. The van der Waals surface area contributed by atoms with Gasteiger partial charge in [0.25, 0.3) is 5.91 Å². The van der Waals surface area contributed by atoms with Gasteiger partial charge in [-0.15, -0.1) is 11.3 Å². The van der Waals surface area contributed by atoms with Crippen LogP contribution >= 0.6 is 22.9 Å². The third-order valence-electron chi connectivity index (χ3n) is 5.88. The normalized spacial score (nSPS) is 10.9. The number of carbonyl (C=O) groups excluding carboxylic acids is 1. The minimum atomic E-state index is -0.224. The maximum Gasteiger partial charge on any atom is 0.262 e. The van der Waals surface area contributed by atoms with Gasteiger partial charge in [0.05, 0.1) is 10.2 Å². The predicted octanol–water partition coefficient (Wildman–Crippen LogP) is 7.86. The first kappa shape index (κ1) is 24.8. The number of halogens is 1. The maximum absolute atomic E-state index is 12.4. The van der Waals surface area contributed by atoms with Crippen LogP contribution in [0.2, 0.25) is 5.02 Å². The number of aromatic nitrogens is 1. The Morgan fingerprint density at radius 3 is 2.41 bits per heavy atom. The highest BCUT2D eigenvalue weighted by molar-refractivity contribution is 7.21. The fourth-order valence-corrected chi connectivity index (χ4v) is 5.15. The van der Waals surface area contributed by atoms with Crippen LogP contribution in [0.3, 0.4) is 0 Å². The number of hydrogen-bond acceptors (Lipinski definition) is 5. The van der Waals surface area contributed by atoms with Gasteiger partial charge in [0.15, 0.2) is 6.61 Å². The Morgan fingerprint density at radius 2 is 1.62 bits per heavy atom. The minimum Gasteiger partial charge on any atom is -0.483 e. The van der Waals surface area contributed by atoms with Gasteiger partial charge in [-0.3, -0.25) is 4.79 Å². The van der Waals surface area contributed by atoms with Crippen LogP contribution in [0.5, 0.6) is 5.75 Å². The van der Waals surface area contributed by atoms with E-state index >= 15 is 0 Å². The van der Waals surface area contributed by atoms with Gasteiger partial charge in [-0.05, 0) is 86.1 Å². The molecule has 1 heterocycles. The summed E-state index contributed by atoms with van der Waals surface area (Å²) < 4.78 is 7.03. The summed E-state index contributed by atoms with van der Waals surface area (Å²) in [6.45, 7) is 4.49. The molecule has 0 saturated heterocycles. The highest BCUT2D eigenvalue weighted by Crippen LogP contribution is 2.31. The lowest BCUT2D eigenvalue weighted by Gasteiger charge is -2.14. The van der Waals surface area contributed by atoms with E-state index in [0.717, 1.165) is 38.6 Å². The van der Waals surface area contributed by atoms with E-state index < -0.39 is 0 Å². The summed E-state index contributed by atoms with van der Waals surface area (Å²) in [5.74, 6) is 0.385. The first-order valence-electron chi connectivity index (χ1n) is 11.9. The molecule has 0 radical (unpaired) electrons. The number of ether oxygens (including phenoxy) is 1. The molecule has 5 aromatic rings. The van der Waals surface area contributed by atoms with Crippen LogP contribution in [0, 0.1) is 13.8 Å². The number of nitrogens with zero attached hydrogens (tertiary/aromatic N) is 1. The summed E-state index contributed by atoms with van der Waals surface area (Å²) in [6, 6.07) is 27.6. The third-order valence-corrected chi connectivity index (χ3v) is 7.18. The van der Waals surface area contributed by atoms with Crippen LogP contribution in [-0.4, -0.2) is 17.5 Å². The fraction of sp³-hybridized carbons (Fsp3) is 0.133. The van der Waals surface area contributed by atoms with Gasteiger partial charge in [0, 0.05) is 34.1 Å². The zero-order valence-corrected chi connectivity index (χ0v) is 22.1. The average Bonchev–Trinajstić information content (AvgIpc) is 3.32. The first-order valence-corrected chi connectivity index (χ1v) is 13.1. The van der Waals surface area contributed by atoms with Crippen molar-refractivity contribution in [3.05, 3.63) is 107 Å². The Kier molecular flexibility index (Phi) is 7.40. The largest absolute Gasteiger partial charge is 0.483 e. The smallest absolute Gasteiger partial charge is 0.262 e. The van der Waals surface area contributed by atoms with Crippen molar-refractivity contribution in [3.63, 3.8) is 0 Å². The topological polar surface area (TPSA) is 63.2 Å². The van der Waals surface area contributed by atoms with Crippen molar-refractivity contribution in [2.24, 2.45) is 0 Å². The predicted molar refractivity (Wildman–Crippen MR) is 154 cm³/mol. The number of nitrogens with one attached hydrogen (secondary N) is 2. The Hall–Kier alpha value is -3.87. The van der Waals surface area contributed by atoms with Crippen LogP contribution in [0.1, 0.15) is 16.7 Å². The van der Waals surface area contributed by atoms with Crippen molar-refractivity contribution in [1.29, 1.82) is 0 Å². The molecule has 5 nitrogen and oxygen atoms in total. The van der Waals surface area contributed by atoms with Crippen LogP contribution in [0.25, 0.3) is 20.8 Å². The first-order chi connectivity index (χ1) is 17.9. The van der Waals surface area contributed by atoms with Crippen molar-refractivity contribution >= 4 is 50.4 Å². The van der Waals surface area contributed by atoms with Crippen molar-refractivity contribution in [2.75, 3.05) is 17.2 Å². The van der Waals surface area contributed by atoms with E-state index in [2.05, 4.69) is 47.9 Å². The molecule has 1 aromatic heterocycles. The van der Waals surface area contributed by atoms with Gasteiger partial charge in [-0.1, -0.05) is 35.4 Å². The van der Waals surface area contributed by atoms with E-state index in [1.807, 2.05) is 49.4 Å². The van der Waals surface area contributed by atoms with Crippen molar-refractivity contribution in [2.45, 2.75) is 20.4 Å². The second kappa shape index (κ2) is 11.0. The number of rotatable bonds is 8. The number of hydrogen-bond donors (Lipinski definition) is 2. The molecule has 1 amide bonds. The molecule has 0 atom stereocenters. The van der Waals surface area contributed by atoms with E-state index in [1.54, 1.807) is 23.5 Å². The summed E-state index contributed by atoms with van der Waals surface area (Å²) in [6.07, 6.45) is 0. The summed E-state index contributed by atoms with van der Waals surface area (Å²) in [4.78, 5) is 17.1. The number of carbonyl (C=O) groups is 1. The molecule has 5 rings (SSSR count). The SMILES string of the molecule is Cc1ccc(NC(=O)COc2ccc(Cl)cc2CNc2ccc(-c3nc4ccc(C)cc4s3)cc2)cc1. The van der Waals surface area contributed by atoms with E-state index in [1.165, 1.54) is 10.3 Å². The molecule has 186 valence electrons. The molecule has 7 heteroatoms. The molecule has 0 aliphatic rings. The zero-order valence-electron chi connectivity index (χ0n) is 20.5. The lowest BCUT2D eigenvalue weighted by molar-refractivity contribution is -0.118. The number of anilines is 2. The molecule has 0 spiro atoms. The van der Waals surface area contributed by atoms with Gasteiger partial charge >= 0.3 is 0 Å². The highest BCUT2D eigenvalue weighted by Gasteiger charge is 2.10. The van der Waals surface area contributed by atoms with E-state index in [0.29, 0.717) is 17.3 Å². The minimum absolute atomic E-state index is 0.0983. The van der Waals surface area contributed by atoms with Crippen LogP contribution in [0.4, 0.5) is 11.4 Å². The number of thiazole rings is 1. The van der Waals surface area contributed by atoms with E-state index in [4.69, 9.17) is 21.3 Å². The Balaban J connectivity index is 1.21. The molecule has 2 N–H and O–H groups in total. The Morgan fingerprint density at radius 1 is 0.892 bits per heavy atom. The Bertz CT molecular complexity index is 1550. The van der Waals surface area contributed by atoms with Crippen LogP contribution in [-0.2, 0) is 11.3 Å². The average molecular weight is 528 g/mol. The summed E-state index contributed by atoms with van der Waals surface area (Å²) in [5, 5.41) is 7.87. The second-order valence-electron chi connectivity index (χ2n) is 8.88. The van der Waals surface area contributed by atoms with Crippen molar-refractivity contribution < 1.29 is 9.53 Å². The summed E-state index contributed by atoms with van der Waals surface area (Å²) in [5.41, 5.74) is 7.03. The fourth-order valence-electron chi connectivity index (χ4n) is 3.89. The molecule has 0 bridgehead atoms. The molecule has 0 aliphatic heterocycles. The molecule has 0 fully saturated rings. The van der Waals surface area contributed by atoms with E-state index in [-0.39, 0.29) is 12.5 Å². The third kappa shape index (κ3) is 6.28. The van der Waals surface area contributed by atoms with Gasteiger partial charge in [-0.2, -0.15) is 0 Å². The van der Waals surface area contributed by atoms with E-state index in [9.17, 15) is 4.79 Å². The Labute approximate surface area is 225 Å². The molecular formula is C30H26ClN3O2S. The number of fused-ring (bicyclic) bond motifs is 1. The molecule has 37 heavy (non-hydrogen) atoms. The van der Waals surface area contributed by atoms with Crippen LogP contribution in [0.15, 0.2) is 84.9 Å². The van der Waals surface area contributed by atoms with Gasteiger partial charge < -0.3 is 15.4 Å². The van der Waals surface area contributed by atoms with Gasteiger partial charge in [-0.25, -0.2) is 4.98 Å². The van der Waals surface area contributed by atoms with Crippen molar-refractivity contribution in [3.8, 4) is 16.3 Å². The van der Waals surface area contributed by atoms with Crippen molar-refractivity contribution in [1.82, 2.24) is 4.98 Å².